The maximum Gasteiger partial charge on any atom is 0.0924 e. The summed E-state index contributed by atoms with van der Waals surface area (Å²) in [6.45, 7) is 5.11. The molecule has 0 unspecified atom stereocenters. The number of aromatic amines is 1. The second-order valence-electron chi connectivity index (χ2n) is 5.39. The number of aryl methyl sites for hydroxylation is 2. The van der Waals surface area contributed by atoms with Crippen LogP contribution in [-0.4, -0.2) is 9.97 Å². The van der Waals surface area contributed by atoms with E-state index >= 15 is 0 Å². The lowest BCUT2D eigenvalue weighted by Crippen LogP contribution is -2.00. The minimum Gasteiger partial charge on any atom is -0.381 e. The lowest BCUT2D eigenvalue weighted by molar-refractivity contribution is 1.13. The molecule has 0 aliphatic heterocycles. The Balaban J connectivity index is 1.68. The number of nitrogens with zero attached hydrogens (tertiary/aromatic N) is 1. The van der Waals surface area contributed by atoms with E-state index in [0.717, 1.165) is 23.5 Å². The first-order valence-corrected chi connectivity index (χ1v) is 7.10. The fourth-order valence-electron chi connectivity index (χ4n) is 2.56. The Bertz CT molecular complexity index is 692. The maximum atomic E-state index is 4.04. The first kappa shape index (κ1) is 13.4. The molecule has 3 heteroatoms. The zero-order chi connectivity index (χ0) is 14.7. The first-order valence-electron chi connectivity index (χ1n) is 7.10. The number of imidazole rings is 1. The Hall–Kier alpha value is -2.55. The average molecular weight is 277 g/mol. The molecule has 3 rings (SSSR count). The van der Waals surface area contributed by atoms with Gasteiger partial charge in [0.2, 0.25) is 0 Å². The molecule has 0 aliphatic carbocycles. The fraction of sp³-hybridized carbons (Fsp3) is 0.167. The van der Waals surface area contributed by atoms with Crippen LogP contribution in [0.15, 0.2) is 55.0 Å². The first-order chi connectivity index (χ1) is 10.2. The molecule has 0 fully saturated rings. The number of nitrogens with one attached hydrogen (secondary N) is 2. The molecular formula is C18H19N3. The number of anilines is 1. The van der Waals surface area contributed by atoms with Crippen molar-refractivity contribution in [2.24, 2.45) is 0 Å². The topological polar surface area (TPSA) is 40.7 Å². The van der Waals surface area contributed by atoms with Crippen molar-refractivity contribution < 1.29 is 0 Å². The molecule has 106 valence electrons. The highest BCUT2D eigenvalue weighted by molar-refractivity contribution is 5.61. The highest BCUT2D eigenvalue weighted by Gasteiger charge is 2.00. The second kappa shape index (κ2) is 5.83. The summed E-state index contributed by atoms with van der Waals surface area (Å²) in [6, 6.07) is 15.0. The van der Waals surface area contributed by atoms with Crippen molar-refractivity contribution in [3.63, 3.8) is 0 Å². The van der Waals surface area contributed by atoms with Crippen LogP contribution in [0.25, 0.3) is 11.3 Å². The quantitative estimate of drug-likeness (QED) is 0.746. The van der Waals surface area contributed by atoms with E-state index in [2.05, 4.69) is 71.6 Å². The molecule has 0 radical (unpaired) electrons. The van der Waals surface area contributed by atoms with E-state index in [4.69, 9.17) is 0 Å². The van der Waals surface area contributed by atoms with Gasteiger partial charge in [-0.2, -0.15) is 0 Å². The summed E-state index contributed by atoms with van der Waals surface area (Å²) in [4.78, 5) is 7.15. The SMILES string of the molecule is Cc1cc(C)cc(CNc2ccc(-c3cnc[nH]3)cc2)c1. The molecule has 21 heavy (non-hydrogen) atoms. The van der Waals surface area contributed by atoms with Crippen LogP contribution in [-0.2, 0) is 6.54 Å². The van der Waals surface area contributed by atoms with Gasteiger partial charge in [0.15, 0.2) is 0 Å². The van der Waals surface area contributed by atoms with Crippen molar-refractivity contribution in [2.75, 3.05) is 5.32 Å². The van der Waals surface area contributed by atoms with Crippen molar-refractivity contribution >= 4 is 5.69 Å². The van der Waals surface area contributed by atoms with Gasteiger partial charge in [0.25, 0.3) is 0 Å². The molecule has 2 N–H and O–H groups in total. The van der Waals surface area contributed by atoms with Crippen LogP contribution in [0, 0.1) is 13.8 Å². The number of benzene rings is 2. The Morgan fingerprint density at radius 3 is 2.33 bits per heavy atom. The van der Waals surface area contributed by atoms with Gasteiger partial charge in [-0.25, -0.2) is 4.98 Å². The van der Waals surface area contributed by atoms with Crippen LogP contribution >= 0.6 is 0 Å². The molecule has 1 aromatic heterocycles. The Morgan fingerprint density at radius 1 is 1.00 bits per heavy atom. The van der Waals surface area contributed by atoms with Crippen molar-refractivity contribution in [1.29, 1.82) is 0 Å². The maximum absolute atomic E-state index is 4.04. The second-order valence-corrected chi connectivity index (χ2v) is 5.39. The predicted molar refractivity (Wildman–Crippen MR) is 87.3 cm³/mol. The summed E-state index contributed by atoms with van der Waals surface area (Å²) >= 11 is 0. The summed E-state index contributed by atoms with van der Waals surface area (Å²) in [5.41, 5.74) is 7.23. The van der Waals surface area contributed by atoms with E-state index in [1.54, 1.807) is 6.33 Å². The van der Waals surface area contributed by atoms with Gasteiger partial charge >= 0.3 is 0 Å². The van der Waals surface area contributed by atoms with Gasteiger partial charge in [-0.3, -0.25) is 0 Å². The molecule has 0 bridgehead atoms. The third kappa shape index (κ3) is 3.31. The zero-order valence-corrected chi connectivity index (χ0v) is 12.4. The van der Waals surface area contributed by atoms with Crippen LogP contribution in [0.3, 0.4) is 0 Å². The molecule has 0 aliphatic rings. The van der Waals surface area contributed by atoms with Crippen molar-refractivity contribution in [3.8, 4) is 11.3 Å². The van der Waals surface area contributed by atoms with Crippen molar-refractivity contribution in [3.05, 3.63) is 71.7 Å². The van der Waals surface area contributed by atoms with Gasteiger partial charge in [-0.1, -0.05) is 41.5 Å². The number of rotatable bonds is 4. The number of hydrogen-bond donors (Lipinski definition) is 2. The smallest absolute Gasteiger partial charge is 0.0924 e. The molecule has 0 atom stereocenters. The van der Waals surface area contributed by atoms with Gasteiger partial charge in [-0.15, -0.1) is 0 Å². The highest BCUT2D eigenvalue weighted by atomic mass is 14.9. The van der Waals surface area contributed by atoms with E-state index in [0.29, 0.717) is 0 Å². The summed E-state index contributed by atoms with van der Waals surface area (Å²) < 4.78 is 0. The minimum absolute atomic E-state index is 0.839. The fourth-order valence-corrected chi connectivity index (χ4v) is 2.56. The van der Waals surface area contributed by atoms with E-state index < -0.39 is 0 Å². The van der Waals surface area contributed by atoms with Crippen LogP contribution < -0.4 is 5.32 Å². The normalized spacial score (nSPS) is 10.6. The van der Waals surface area contributed by atoms with E-state index in [9.17, 15) is 0 Å². The zero-order valence-electron chi connectivity index (χ0n) is 12.4. The predicted octanol–water partition coefficient (Wildman–Crippen LogP) is 4.31. The molecule has 0 spiro atoms. The molecule has 0 amide bonds. The summed E-state index contributed by atoms with van der Waals surface area (Å²) in [5, 5.41) is 3.46. The van der Waals surface area contributed by atoms with Crippen molar-refractivity contribution in [1.82, 2.24) is 9.97 Å². The average Bonchev–Trinajstić information content (AvgIpc) is 2.99. The third-order valence-electron chi connectivity index (χ3n) is 3.47. The van der Waals surface area contributed by atoms with Gasteiger partial charge in [-0.05, 0) is 37.1 Å². The third-order valence-corrected chi connectivity index (χ3v) is 3.47. The molecule has 0 saturated heterocycles. The Labute approximate surface area is 125 Å². The standard InChI is InChI=1S/C18H19N3/c1-13-7-14(2)9-15(8-13)10-20-17-5-3-16(4-6-17)18-11-19-12-21-18/h3-9,11-12,20H,10H2,1-2H3,(H,19,21). The summed E-state index contributed by atoms with van der Waals surface area (Å²) in [5.74, 6) is 0. The Kier molecular flexibility index (Phi) is 3.73. The monoisotopic (exact) mass is 277 g/mol. The van der Waals surface area contributed by atoms with Crippen LogP contribution in [0.5, 0.6) is 0 Å². The highest BCUT2D eigenvalue weighted by Crippen LogP contribution is 2.19. The summed E-state index contributed by atoms with van der Waals surface area (Å²) in [6.07, 6.45) is 3.53. The van der Waals surface area contributed by atoms with Crippen molar-refractivity contribution in [2.45, 2.75) is 20.4 Å². The van der Waals surface area contributed by atoms with E-state index in [1.807, 2.05) is 6.20 Å². The van der Waals surface area contributed by atoms with E-state index in [-0.39, 0.29) is 0 Å². The lowest BCUT2D eigenvalue weighted by Gasteiger charge is -2.09. The minimum atomic E-state index is 0.839. The van der Waals surface area contributed by atoms with Gasteiger partial charge in [0.1, 0.15) is 0 Å². The summed E-state index contributed by atoms with van der Waals surface area (Å²) in [7, 11) is 0. The number of aromatic nitrogens is 2. The molecule has 2 aromatic carbocycles. The van der Waals surface area contributed by atoms with Crippen LogP contribution in [0.2, 0.25) is 0 Å². The van der Waals surface area contributed by atoms with Gasteiger partial charge in [0.05, 0.1) is 18.2 Å². The lowest BCUT2D eigenvalue weighted by atomic mass is 10.1. The number of H-pyrrole nitrogens is 1. The molecule has 3 aromatic rings. The number of hydrogen-bond acceptors (Lipinski definition) is 2. The Morgan fingerprint density at radius 2 is 1.71 bits per heavy atom. The van der Waals surface area contributed by atoms with Gasteiger partial charge in [0, 0.05) is 12.2 Å². The molecule has 3 nitrogen and oxygen atoms in total. The van der Waals surface area contributed by atoms with Gasteiger partial charge < -0.3 is 10.3 Å². The molecular weight excluding hydrogens is 258 g/mol. The molecule has 1 heterocycles. The largest absolute Gasteiger partial charge is 0.381 e. The van der Waals surface area contributed by atoms with Crippen LogP contribution in [0.4, 0.5) is 5.69 Å². The van der Waals surface area contributed by atoms with E-state index in [1.165, 1.54) is 16.7 Å². The molecule has 0 saturated carbocycles. The van der Waals surface area contributed by atoms with Crippen LogP contribution in [0.1, 0.15) is 16.7 Å².